The van der Waals surface area contributed by atoms with Crippen molar-refractivity contribution < 1.29 is 0 Å². The van der Waals surface area contributed by atoms with Gasteiger partial charge in [-0.3, -0.25) is 4.90 Å². The summed E-state index contributed by atoms with van der Waals surface area (Å²) in [7, 11) is 2.15. The molecule has 2 rings (SSSR count). The minimum absolute atomic E-state index is 0.506. The van der Waals surface area contributed by atoms with Crippen LogP contribution in [0.25, 0.3) is 0 Å². The van der Waals surface area contributed by atoms with Gasteiger partial charge in [-0.05, 0) is 24.7 Å². The molecule has 0 bridgehead atoms. The van der Waals surface area contributed by atoms with Gasteiger partial charge in [0.15, 0.2) is 0 Å². The quantitative estimate of drug-likeness (QED) is 0.730. The number of pyridine rings is 1. The fourth-order valence-electron chi connectivity index (χ4n) is 1.90. The van der Waals surface area contributed by atoms with Gasteiger partial charge in [0.25, 0.3) is 0 Å². The van der Waals surface area contributed by atoms with E-state index in [9.17, 15) is 0 Å². The monoisotopic (exact) mass is 216 g/mol. The molecule has 0 amide bonds. The van der Waals surface area contributed by atoms with E-state index in [0.717, 1.165) is 32.7 Å². The van der Waals surface area contributed by atoms with Gasteiger partial charge in [0.1, 0.15) is 11.8 Å². The highest BCUT2D eigenvalue weighted by Crippen LogP contribution is 2.08. The van der Waals surface area contributed by atoms with Crippen LogP contribution in [0.2, 0.25) is 0 Å². The lowest BCUT2D eigenvalue weighted by Gasteiger charge is -2.32. The van der Waals surface area contributed by atoms with E-state index in [-0.39, 0.29) is 0 Å². The van der Waals surface area contributed by atoms with Crippen LogP contribution in [0.3, 0.4) is 0 Å². The van der Waals surface area contributed by atoms with E-state index >= 15 is 0 Å². The Hall–Kier alpha value is -1.44. The van der Waals surface area contributed by atoms with Crippen LogP contribution in [0, 0.1) is 11.3 Å². The Morgan fingerprint density at radius 2 is 2.12 bits per heavy atom. The van der Waals surface area contributed by atoms with Crippen LogP contribution in [0.4, 0.5) is 0 Å². The topological polar surface area (TPSA) is 43.2 Å². The van der Waals surface area contributed by atoms with Crippen molar-refractivity contribution in [3.63, 3.8) is 0 Å². The Balaban J connectivity index is 1.96. The molecule has 1 aromatic rings. The molecule has 1 fully saturated rings. The second-order valence-electron chi connectivity index (χ2n) is 4.24. The molecule has 0 aliphatic carbocycles. The lowest BCUT2D eigenvalue weighted by atomic mass is 10.2. The summed E-state index contributed by atoms with van der Waals surface area (Å²) in [6.07, 6.45) is 1.71. The number of hydrogen-bond acceptors (Lipinski definition) is 4. The largest absolute Gasteiger partial charge is 0.304 e. The predicted octanol–water partition coefficient (Wildman–Crippen LogP) is 0.701. The molecule has 4 heteroatoms. The van der Waals surface area contributed by atoms with E-state index in [1.165, 1.54) is 5.56 Å². The zero-order chi connectivity index (χ0) is 11.4. The first-order valence-corrected chi connectivity index (χ1v) is 5.54. The lowest BCUT2D eigenvalue weighted by molar-refractivity contribution is 0.148. The maximum Gasteiger partial charge on any atom is 0.140 e. The van der Waals surface area contributed by atoms with Crippen LogP contribution in [0.1, 0.15) is 11.3 Å². The van der Waals surface area contributed by atoms with Crippen molar-refractivity contribution in [3.05, 3.63) is 29.6 Å². The summed E-state index contributed by atoms with van der Waals surface area (Å²) in [6, 6.07) is 5.93. The van der Waals surface area contributed by atoms with Crippen LogP contribution < -0.4 is 0 Å². The second-order valence-corrected chi connectivity index (χ2v) is 4.24. The summed E-state index contributed by atoms with van der Waals surface area (Å²) in [4.78, 5) is 8.73. The maximum absolute atomic E-state index is 8.77. The first-order chi connectivity index (χ1) is 7.78. The zero-order valence-electron chi connectivity index (χ0n) is 9.56. The molecule has 0 N–H and O–H groups in total. The highest BCUT2D eigenvalue weighted by Gasteiger charge is 2.13. The third-order valence-electron chi connectivity index (χ3n) is 2.94. The number of nitrogens with zero attached hydrogens (tertiary/aromatic N) is 4. The van der Waals surface area contributed by atoms with Gasteiger partial charge >= 0.3 is 0 Å². The Labute approximate surface area is 96.1 Å². The molecule has 4 nitrogen and oxygen atoms in total. The van der Waals surface area contributed by atoms with Crippen molar-refractivity contribution in [2.75, 3.05) is 33.2 Å². The van der Waals surface area contributed by atoms with Gasteiger partial charge in [0.2, 0.25) is 0 Å². The fourth-order valence-corrected chi connectivity index (χ4v) is 1.90. The number of aromatic nitrogens is 1. The van der Waals surface area contributed by atoms with E-state index in [1.54, 1.807) is 6.20 Å². The summed E-state index contributed by atoms with van der Waals surface area (Å²) in [5.41, 5.74) is 1.68. The van der Waals surface area contributed by atoms with Gasteiger partial charge in [0, 0.05) is 38.9 Å². The van der Waals surface area contributed by atoms with Gasteiger partial charge in [-0.15, -0.1) is 0 Å². The molecule has 1 aliphatic heterocycles. The van der Waals surface area contributed by atoms with Crippen LogP contribution in [-0.2, 0) is 6.54 Å². The molecule has 2 heterocycles. The minimum Gasteiger partial charge on any atom is -0.304 e. The number of likely N-dealkylation sites (N-methyl/N-ethyl adjacent to an activating group) is 1. The summed E-state index contributed by atoms with van der Waals surface area (Å²) >= 11 is 0. The SMILES string of the molecule is CN1CCN(Cc2ccnc(C#N)c2)CC1. The van der Waals surface area contributed by atoms with Crippen LogP contribution in [0.15, 0.2) is 18.3 Å². The summed E-state index contributed by atoms with van der Waals surface area (Å²) < 4.78 is 0. The molecule has 1 aliphatic rings. The number of hydrogen-bond donors (Lipinski definition) is 0. The summed E-state index contributed by atoms with van der Waals surface area (Å²) in [5, 5.41) is 8.77. The highest BCUT2D eigenvalue weighted by atomic mass is 15.2. The van der Waals surface area contributed by atoms with Crippen molar-refractivity contribution in [3.8, 4) is 6.07 Å². The van der Waals surface area contributed by atoms with Crippen molar-refractivity contribution in [2.45, 2.75) is 6.54 Å². The first kappa shape index (κ1) is 11.1. The van der Waals surface area contributed by atoms with E-state index in [1.807, 2.05) is 12.1 Å². The van der Waals surface area contributed by atoms with Gasteiger partial charge < -0.3 is 4.90 Å². The predicted molar refractivity (Wildman–Crippen MR) is 61.7 cm³/mol. The number of piperazine rings is 1. The average molecular weight is 216 g/mol. The average Bonchev–Trinajstić information content (AvgIpc) is 2.32. The molecule has 0 atom stereocenters. The van der Waals surface area contributed by atoms with Crippen LogP contribution >= 0.6 is 0 Å². The van der Waals surface area contributed by atoms with E-state index in [4.69, 9.17) is 5.26 Å². The Morgan fingerprint density at radius 1 is 1.38 bits per heavy atom. The smallest absolute Gasteiger partial charge is 0.140 e. The standard InChI is InChI=1S/C12H16N4/c1-15-4-6-16(7-5-15)10-11-2-3-14-12(8-11)9-13/h2-3,8H,4-7,10H2,1H3. The van der Waals surface area contributed by atoms with Gasteiger partial charge in [-0.2, -0.15) is 5.26 Å². The maximum atomic E-state index is 8.77. The minimum atomic E-state index is 0.506. The fraction of sp³-hybridized carbons (Fsp3) is 0.500. The molecule has 0 aromatic carbocycles. The zero-order valence-corrected chi connectivity index (χ0v) is 9.56. The molecule has 0 unspecified atom stereocenters. The number of nitriles is 1. The lowest BCUT2D eigenvalue weighted by Crippen LogP contribution is -2.43. The van der Waals surface area contributed by atoms with Crippen molar-refractivity contribution in [1.29, 1.82) is 5.26 Å². The molecule has 84 valence electrons. The molecule has 0 spiro atoms. The Bertz CT molecular complexity index is 388. The summed E-state index contributed by atoms with van der Waals surface area (Å²) in [6.45, 7) is 5.36. The third-order valence-corrected chi connectivity index (χ3v) is 2.94. The van der Waals surface area contributed by atoms with Crippen LogP contribution in [-0.4, -0.2) is 48.0 Å². The van der Waals surface area contributed by atoms with Gasteiger partial charge in [-0.25, -0.2) is 4.98 Å². The first-order valence-electron chi connectivity index (χ1n) is 5.54. The van der Waals surface area contributed by atoms with Crippen molar-refractivity contribution in [1.82, 2.24) is 14.8 Å². The molecule has 0 saturated carbocycles. The molecule has 16 heavy (non-hydrogen) atoms. The second kappa shape index (κ2) is 5.06. The third kappa shape index (κ3) is 2.78. The van der Waals surface area contributed by atoms with E-state index in [2.05, 4.69) is 27.9 Å². The Morgan fingerprint density at radius 3 is 2.81 bits per heavy atom. The van der Waals surface area contributed by atoms with Gasteiger partial charge in [0.05, 0.1) is 0 Å². The van der Waals surface area contributed by atoms with E-state index < -0.39 is 0 Å². The summed E-state index contributed by atoms with van der Waals surface area (Å²) in [5.74, 6) is 0. The molecular formula is C12H16N4. The van der Waals surface area contributed by atoms with Crippen molar-refractivity contribution >= 4 is 0 Å². The van der Waals surface area contributed by atoms with Crippen LogP contribution in [0.5, 0.6) is 0 Å². The highest BCUT2D eigenvalue weighted by molar-refractivity contribution is 5.25. The molecule has 0 radical (unpaired) electrons. The normalized spacial score (nSPS) is 18.2. The van der Waals surface area contributed by atoms with Gasteiger partial charge in [-0.1, -0.05) is 0 Å². The molecule has 1 aromatic heterocycles. The Kier molecular flexibility index (Phi) is 3.50. The molecule has 1 saturated heterocycles. The molecular weight excluding hydrogens is 200 g/mol. The van der Waals surface area contributed by atoms with Crippen molar-refractivity contribution in [2.24, 2.45) is 0 Å². The number of rotatable bonds is 2. The van der Waals surface area contributed by atoms with E-state index in [0.29, 0.717) is 5.69 Å².